The smallest absolute Gasteiger partial charge is 0.0972 e. The van der Waals surface area contributed by atoms with Crippen molar-refractivity contribution < 1.29 is 0 Å². The highest BCUT2D eigenvalue weighted by atomic mass is 15.3. The van der Waals surface area contributed by atoms with Crippen LogP contribution in [0.25, 0.3) is 0 Å². The van der Waals surface area contributed by atoms with Crippen LogP contribution in [0.3, 0.4) is 0 Å². The van der Waals surface area contributed by atoms with Gasteiger partial charge in [-0.05, 0) is 25.3 Å². The van der Waals surface area contributed by atoms with Crippen molar-refractivity contribution in [2.24, 2.45) is 5.73 Å². The average Bonchev–Trinajstić information content (AvgIpc) is 2.46. The zero-order valence-electron chi connectivity index (χ0n) is 6.62. The highest BCUT2D eigenvalue weighted by molar-refractivity contribution is 5.25. The standard InChI is InChI=1S/C8H13N3/c1-2-11-7-3-4-10-6(7)5-8(11)9/h3-7,10H,2,9H2,1H3. The quantitative estimate of drug-likeness (QED) is 0.553. The highest BCUT2D eigenvalue weighted by Crippen LogP contribution is 2.22. The number of hydrogen-bond acceptors (Lipinski definition) is 3. The molecule has 0 amide bonds. The van der Waals surface area contributed by atoms with E-state index in [9.17, 15) is 0 Å². The molecule has 0 radical (unpaired) electrons. The van der Waals surface area contributed by atoms with Crippen LogP contribution in [0.5, 0.6) is 0 Å². The highest BCUT2D eigenvalue weighted by Gasteiger charge is 2.32. The van der Waals surface area contributed by atoms with Gasteiger partial charge in [-0.15, -0.1) is 0 Å². The van der Waals surface area contributed by atoms with Crippen LogP contribution in [0.4, 0.5) is 0 Å². The zero-order valence-corrected chi connectivity index (χ0v) is 6.62. The first-order chi connectivity index (χ1) is 5.33. The van der Waals surface area contributed by atoms with Crippen molar-refractivity contribution in [3.63, 3.8) is 0 Å². The first-order valence-corrected chi connectivity index (χ1v) is 3.99. The van der Waals surface area contributed by atoms with Crippen molar-refractivity contribution in [3.05, 3.63) is 24.2 Å². The Morgan fingerprint density at radius 1 is 1.73 bits per heavy atom. The van der Waals surface area contributed by atoms with Gasteiger partial charge >= 0.3 is 0 Å². The fourth-order valence-electron chi connectivity index (χ4n) is 1.77. The molecule has 0 spiro atoms. The van der Waals surface area contributed by atoms with Crippen LogP contribution >= 0.6 is 0 Å². The normalized spacial score (nSPS) is 33.5. The van der Waals surface area contributed by atoms with E-state index < -0.39 is 0 Å². The molecule has 0 saturated carbocycles. The number of nitrogens with zero attached hydrogens (tertiary/aromatic N) is 1. The summed E-state index contributed by atoms with van der Waals surface area (Å²) in [6, 6.07) is 0.870. The molecule has 0 bridgehead atoms. The van der Waals surface area contributed by atoms with Gasteiger partial charge in [-0.2, -0.15) is 0 Å². The first kappa shape index (κ1) is 6.58. The van der Waals surface area contributed by atoms with Crippen LogP contribution in [0.15, 0.2) is 24.2 Å². The molecule has 2 heterocycles. The molecule has 2 rings (SSSR count). The lowest BCUT2D eigenvalue weighted by Crippen LogP contribution is -2.37. The molecule has 2 unspecified atom stereocenters. The van der Waals surface area contributed by atoms with Crippen molar-refractivity contribution in [1.29, 1.82) is 0 Å². The number of nitrogens with one attached hydrogen (secondary N) is 1. The van der Waals surface area contributed by atoms with Gasteiger partial charge < -0.3 is 16.0 Å². The second kappa shape index (κ2) is 2.19. The summed E-state index contributed by atoms with van der Waals surface area (Å²) in [7, 11) is 0. The van der Waals surface area contributed by atoms with Gasteiger partial charge in [0.1, 0.15) is 0 Å². The minimum atomic E-state index is 0.412. The Balaban J connectivity index is 2.20. The molecule has 60 valence electrons. The Bertz CT molecular complexity index is 219. The summed E-state index contributed by atoms with van der Waals surface area (Å²) in [4.78, 5) is 2.20. The molecule has 2 aliphatic heterocycles. The zero-order chi connectivity index (χ0) is 7.84. The summed E-state index contributed by atoms with van der Waals surface area (Å²) in [6.07, 6.45) is 6.24. The van der Waals surface area contributed by atoms with Crippen LogP contribution < -0.4 is 11.1 Å². The van der Waals surface area contributed by atoms with Crippen LogP contribution in [0, 0.1) is 0 Å². The number of nitrogens with two attached hydrogens (primary N) is 1. The summed E-state index contributed by atoms with van der Waals surface area (Å²) in [5.41, 5.74) is 5.79. The SMILES string of the molecule is CCN1C(N)=CC2NC=CC21. The Kier molecular flexibility index (Phi) is 1.31. The Morgan fingerprint density at radius 2 is 2.55 bits per heavy atom. The van der Waals surface area contributed by atoms with Crippen molar-refractivity contribution in [2.45, 2.75) is 19.0 Å². The molecule has 2 aliphatic rings. The Hall–Kier alpha value is -1.12. The number of hydrogen-bond donors (Lipinski definition) is 2. The minimum absolute atomic E-state index is 0.412. The van der Waals surface area contributed by atoms with E-state index in [-0.39, 0.29) is 0 Å². The van der Waals surface area contributed by atoms with E-state index in [4.69, 9.17) is 5.73 Å². The monoisotopic (exact) mass is 151 g/mol. The van der Waals surface area contributed by atoms with Gasteiger partial charge in [0.25, 0.3) is 0 Å². The average molecular weight is 151 g/mol. The van der Waals surface area contributed by atoms with Gasteiger partial charge in [-0.3, -0.25) is 0 Å². The second-order valence-corrected chi connectivity index (χ2v) is 2.92. The Labute approximate surface area is 66.6 Å². The molecular formula is C8H13N3. The topological polar surface area (TPSA) is 41.3 Å². The summed E-state index contributed by atoms with van der Waals surface area (Å²) in [5, 5.41) is 3.23. The lowest BCUT2D eigenvalue weighted by molar-refractivity contribution is 0.319. The van der Waals surface area contributed by atoms with Crippen molar-refractivity contribution in [1.82, 2.24) is 10.2 Å². The van der Waals surface area contributed by atoms with Crippen LogP contribution in [-0.4, -0.2) is 23.5 Å². The predicted octanol–water partition coefficient (Wildman–Crippen LogP) is -0.0239. The predicted molar refractivity (Wildman–Crippen MR) is 44.5 cm³/mol. The number of rotatable bonds is 1. The molecule has 0 aromatic rings. The summed E-state index contributed by atoms with van der Waals surface area (Å²) in [5.74, 6) is 0.902. The summed E-state index contributed by atoms with van der Waals surface area (Å²) < 4.78 is 0. The van der Waals surface area contributed by atoms with E-state index in [0.29, 0.717) is 12.1 Å². The van der Waals surface area contributed by atoms with Gasteiger partial charge in [0.15, 0.2) is 0 Å². The number of likely N-dealkylation sites (N-methyl/N-ethyl adjacent to an activating group) is 1. The van der Waals surface area contributed by atoms with Crippen molar-refractivity contribution in [2.75, 3.05) is 6.54 Å². The molecule has 0 aliphatic carbocycles. The van der Waals surface area contributed by atoms with E-state index in [1.165, 1.54) is 0 Å². The minimum Gasteiger partial charge on any atom is -0.386 e. The van der Waals surface area contributed by atoms with Gasteiger partial charge in [0, 0.05) is 6.54 Å². The van der Waals surface area contributed by atoms with Crippen molar-refractivity contribution >= 4 is 0 Å². The van der Waals surface area contributed by atoms with Crippen LogP contribution in [0.1, 0.15) is 6.92 Å². The molecular weight excluding hydrogens is 138 g/mol. The Morgan fingerprint density at radius 3 is 3.27 bits per heavy atom. The molecule has 2 atom stereocenters. The second-order valence-electron chi connectivity index (χ2n) is 2.92. The van der Waals surface area contributed by atoms with E-state index in [1.807, 2.05) is 6.20 Å². The van der Waals surface area contributed by atoms with Crippen LogP contribution in [-0.2, 0) is 0 Å². The fourth-order valence-corrected chi connectivity index (χ4v) is 1.77. The lowest BCUT2D eigenvalue weighted by Gasteiger charge is -2.24. The first-order valence-electron chi connectivity index (χ1n) is 3.99. The number of fused-ring (bicyclic) bond motifs is 1. The van der Waals surface area contributed by atoms with E-state index in [0.717, 1.165) is 12.4 Å². The lowest BCUT2D eigenvalue weighted by atomic mass is 10.2. The third-order valence-electron chi connectivity index (χ3n) is 2.33. The largest absolute Gasteiger partial charge is 0.386 e. The van der Waals surface area contributed by atoms with Gasteiger partial charge in [0.2, 0.25) is 0 Å². The van der Waals surface area contributed by atoms with Gasteiger partial charge in [0.05, 0.1) is 17.9 Å². The molecule has 3 heteroatoms. The third-order valence-corrected chi connectivity index (χ3v) is 2.33. The molecule has 0 aromatic heterocycles. The summed E-state index contributed by atoms with van der Waals surface area (Å²) >= 11 is 0. The molecule has 0 saturated heterocycles. The fraction of sp³-hybridized carbons (Fsp3) is 0.500. The molecule has 3 N–H and O–H groups in total. The molecule has 0 fully saturated rings. The molecule has 3 nitrogen and oxygen atoms in total. The summed E-state index contributed by atoms with van der Waals surface area (Å²) in [6.45, 7) is 3.10. The van der Waals surface area contributed by atoms with Crippen LogP contribution in [0.2, 0.25) is 0 Å². The third kappa shape index (κ3) is 0.803. The maximum Gasteiger partial charge on any atom is 0.0972 e. The van der Waals surface area contributed by atoms with E-state index in [2.05, 4.69) is 29.3 Å². The maximum atomic E-state index is 5.79. The van der Waals surface area contributed by atoms with Gasteiger partial charge in [-0.1, -0.05) is 0 Å². The molecule has 0 aromatic carbocycles. The van der Waals surface area contributed by atoms with E-state index in [1.54, 1.807) is 0 Å². The maximum absolute atomic E-state index is 5.79. The van der Waals surface area contributed by atoms with E-state index >= 15 is 0 Å². The van der Waals surface area contributed by atoms with Gasteiger partial charge in [-0.25, -0.2) is 0 Å². The van der Waals surface area contributed by atoms with Crippen molar-refractivity contribution in [3.8, 4) is 0 Å². The molecule has 11 heavy (non-hydrogen) atoms.